The molecule has 0 spiro atoms. The van der Waals surface area contributed by atoms with Gasteiger partial charge in [-0.15, -0.1) is 22.7 Å². The molecule has 3 aromatic carbocycles. The molecule has 2 aromatic heterocycles. The van der Waals surface area contributed by atoms with Crippen LogP contribution in [0.15, 0.2) is 76.6 Å². The Balaban J connectivity index is 0.000000203. The quantitative estimate of drug-likeness (QED) is 0.210. The fourth-order valence-corrected chi connectivity index (χ4v) is 5.24. The minimum atomic E-state index is -3.80. The van der Waals surface area contributed by atoms with Gasteiger partial charge in [0.2, 0.25) is 0 Å². The highest BCUT2D eigenvalue weighted by molar-refractivity contribution is 7.92. The van der Waals surface area contributed by atoms with E-state index in [1.54, 1.807) is 35.0 Å². The molecule has 0 aliphatic carbocycles. The van der Waals surface area contributed by atoms with Crippen molar-refractivity contribution in [1.82, 2.24) is 9.97 Å². The molecule has 0 aliphatic heterocycles. The molecule has 0 saturated heterocycles. The molecule has 0 fully saturated rings. The Morgan fingerprint density at radius 1 is 0.875 bits per heavy atom. The first-order valence-corrected chi connectivity index (χ1v) is 12.3. The van der Waals surface area contributed by atoms with Gasteiger partial charge in [-0.1, -0.05) is 0 Å². The monoisotopic (exact) mass is 485 g/mol. The molecule has 0 bridgehead atoms. The highest BCUT2D eigenvalue weighted by Gasteiger charge is 2.16. The Morgan fingerprint density at radius 3 is 2.09 bits per heavy atom. The van der Waals surface area contributed by atoms with Gasteiger partial charge in [0.25, 0.3) is 15.7 Å². The van der Waals surface area contributed by atoms with Gasteiger partial charge in [-0.05, 0) is 48.5 Å². The summed E-state index contributed by atoms with van der Waals surface area (Å²) in [4.78, 5) is 18.2. The Morgan fingerprint density at radius 2 is 1.47 bits per heavy atom. The van der Waals surface area contributed by atoms with Crippen LogP contribution in [0, 0.1) is 10.1 Å². The molecule has 0 atom stereocenters. The number of nitrogens with two attached hydrogens (primary N) is 1. The van der Waals surface area contributed by atoms with E-state index in [4.69, 9.17) is 5.73 Å². The number of aromatic nitrogens is 2. The van der Waals surface area contributed by atoms with Gasteiger partial charge in [-0.2, -0.15) is 0 Å². The third kappa shape index (κ3) is 4.82. The van der Waals surface area contributed by atoms with E-state index in [9.17, 15) is 18.5 Å². The van der Waals surface area contributed by atoms with E-state index in [1.165, 1.54) is 23.5 Å². The predicted molar refractivity (Wildman–Crippen MR) is 128 cm³/mol. The van der Waals surface area contributed by atoms with Crippen molar-refractivity contribution in [2.24, 2.45) is 0 Å². The molecule has 2 heterocycles. The zero-order valence-electron chi connectivity index (χ0n) is 16.2. The first-order valence-electron chi connectivity index (χ1n) is 9.01. The number of sulfonamides is 1. The summed E-state index contributed by atoms with van der Waals surface area (Å²) in [5.41, 5.74) is 11.9. The van der Waals surface area contributed by atoms with Crippen LogP contribution in [-0.2, 0) is 10.0 Å². The molecule has 3 N–H and O–H groups in total. The van der Waals surface area contributed by atoms with Gasteiger partial charge in [0.05, 0.1) is 47.0 Å². The fourth-order valence-electron chi connectivity index (χ4n) is 2.75. The molecular formula is C20H15N5O4S3. The van der Waals surface area contributed by atoms with Crippen molar-refractivity contribution in [2.75, 3.05) is 10.5 Å². The van der Waals surface area contributed by atoms with Gasteiger partial charge in [-0.25, -0.2) is 18.4 Å². The topological polar surface area (TPSA) is 141 Å². The van der Waals surface area contributed by atoms with Crippen LogP contribution in [0.1, 0.15) is 0 Å². The maximum atomic E-state index is 12.3. The summed E-state index contributed by atoms with van der Waals surface area (Å²) < 4.78 is 29.0. The second kappa shape index (κ2) is 8.86. The number of hydrogen-bond acceptors (Lipinski definition) is 9. The number of non-ortho nitro benzene ring substituents is 1. The number of anilines is 2. The summed E-state index contributed by atoms with van der Waals surface area (Å²) in [6, 6.07) is 15.5. The van der Waals surface area contributed by atoms with Crippen molar-refractivity contribution in [1.29, 1.82) is 0 Å². The van der Waals surface area contributed by atoms with E-state index in [0.717, 1.165) is 38.3 Å². The normalized spacial score (nSPS) is 11.1. The van der Waals surface area contributed by atoms with Crippen LogP contribution in [-0.4, -0.2) is 23.3 Å². The number of fused-ring (bicyclic) bond motifs is 2. The first-order chi connectivity index (χ1) is 15.3. The van der Waals surface area contributed by atoms with E-state index in [2.05, 4.69) is 14.7 Å². The van der Waals surface area contributed by atoms with Crippen LogP contribution in [0.4, 0.5) is 17.1 Å². The minimum Gasteiger partial charge on any atom is -0.399 e. The number of nitrogens with zero attached hydrogens (tertiary/aromatic N) is 3. The van der Waals surface area contributed by atoms with Crippen molar-refractivity contribution in [3.63, 3.8) is 0 Å². The van der Waals surface area contributed by atoms with E-state index in [1.807, 2.05) is 23.7 Å². The van der Waals surface area contributed by atoms with E-state index in [0.29, 0.717) is 5.69 Å². The lowest BCUT2D eigenvalue weighted by atomic mass is 10.3. The van der Waals surface area contributed by atoms with Gasteiger partial charge in [0.15, 0.2) is 0 Å². The average molecular weight is 486 g/mol. The molecule has 162 valence electrons. The van der Waals surface area contributed by atoms with E-state index in [-0.39, 0.29) is 10.6 Å². The molecule has 5 rings (SSSR count). The lowest BCUT2D eigenvalue weighted by Crippen LogP contribution is -2.12. The van der Waals surface area contributed by atoms with Crippen molar-refractivity contribution >= 4 is 70.2 Å². The van der Waals surface area contributed by atoms with Crippen LogP contribution < -0.4 is 10.5 Å². The molecular weight excluding hydrogens is 470 g/mol. The van der Waals surface area contributed by atoms with Crippen LogP contribution in [0.25, 0.3) is 20.4 Å². The summed E-state index contributed by atoms with van der Waals surface area (Å²) in [5.74, 6) is 0. The highest BCUT2D eigenvalue weighted by Crippen LogP contribution is 2.24. The lowest BCUT2D eigenvalue weighted by Gasteiger charge is -2.07. The molecule has 0 aliphatic rings. The molecule has 0 saturated carbocycles. The van der Waals surface area contributed by atoms with Crippen LogP contribution in [0.2, 0.25) is 0 Å². The van der Waals surface area contributed by atoms with Crippen molar-refractivity contribution < 1.29 is 13.3 Å². The van der Waals surface area contributed by atoms with Gasteiger partial charge >= 0.3 is 0 Å². The first kappa shape index (κ1) is 21.6. The number of benzene rings is 3. The van der Waals surface area contributed by atoms with Crippen molar-refractivity contribution in [3.05, 3.63) is 81.8 Å². The van der Waals surface area contributed by atoms with Crippen LogP contribution >= 0.6 is 22.7 Å². The van der Waals surface area contributed by atoms with Crippen molar-refractivity contribution in [2.45, 2.75) is 4.90 Å². The minimum absolute atomic E-state index is 0.0394. The Labute approximate surface area is 190 Å². The zero-order valence-corrected chi connectivity index (χ0v) is 18.7. The number of rotatable bonds is 4. The predicted octanol–water partition coefficient (Wildman–Crippen LogP) is 4.88. The molecule has 0 radical (unpaired) electrons. The number of nitrogen functional groups attached to an aromatic ring is 1. The summed E-state index contributed by atoms with van der Waals surface area (Å²) in [6.45, 7) is 0. The third-order valence-electron chi connectivity index (χ3n) is 4.30. The summed E-state index contributed by atoms with van der Waals surface area (Å²) in [5, 5.41) is 10.6. The fraction of sp³-hybridized carbons (Fsp3) is 0. The summed E-state index contributed by atoms with van der Waals surface area (Å²) >= 11 is 3.02. The second-order valence-electron chi connectivity index (χ2n) is 6.47. The number of nitro groups is 1. The van der Waals surface area contributed by atoms with Gasteiger partial charge in [0.1, 0.15) is 0 Å². The smallest absolute Gasteiger partial charge is 0.269 e. The molecule has 9 nitrogen and oxygen atoms in total. The van der Waals surface area contributed by atoms with E-state index >= 15 is 0 Å². The summed E-state index contributed by atoms with van der Waals surface area (Å²) in [6.07, 6.45) is 0. The number of nitro benzene ring substituents is 1. The van der Waals surface area contributed by atoms with Gasteiger partial charge in [-0.3, -0.25) is 14.8 Å². The zero-order chi connectivity index (χ0) is 22.7. The largest absolute Gasteiger partial charge is 0.399 e. The van der Waals surface area contributed by atoms with Gasteiger partial charge in [0, 0.05) is 17.8 Å². The van der Waals surface area contributed by atoms with Crippen LogP contribution in [0.5, 0.6) is 0 Å². The SMILES string of the molecule is Nc1ccc2ncsc2c1.O=[N+]([O-])c1ccc(S(=O)(=O)Nc2ccc3ncsc3c2)cc1. The second-order valence-corrected chi connectivity index (χ2v) is 9.93. The standard InChI is InChI=1S/C13H9N3O4S2.C7H6N2S/c17-16(18)10-2-4-11(5-3-10)22(19,20)15-9-1-6-12-13(7-9)21-8-14-12;8-5-1-2-6-7(3-5)10-4-9-6/h1-8,15H;1-4H,8H2. The third-order valence-corrected chi connectivity index (χ3v) is 7.28. The molecule has 5 aromatic rings. The maximum absolute atomic E-state index is 12.3. The summed E-state index contributed by atoms with van der Waals surface area (Å²) in [7, 11) is -3.80. The van der Waals surface area contributed by atoms with Crippen LogP contribution in [0.3, 0.4) is 0 Å². The molecule has 32 heavy (non-hydrogen) atoms. The molecule has 0 amide bonds. The Kier molecular flexibility index (Phi) is 5.99. The number of thiazole rings is 2. The highest BCUT2D eigenvalue weighted by atomic mass is 32.2. The van der Waals surface area contributed by atoms with E-state index < -0.39 is 14.9 Å². The number of nitrogens with one attached hydrogen (secondary N) is 1. The molecule has 12 heteroatoms. The number of hydrogen-bond donors (Lipinski definition) is 2. The average Bonchev–Trinajstić information content (AvgIpc) is 3.42. The lowest BCUT2D eigenvalue weighted by molar-refractivity contribution is -0.384. The Bertz CT molecular complexity index is 1510. The Hall–Kier alpha value is -3.61. The maximum Gasteiger partial charge on any atom is 0.269 e. The molecule has 0 unspecified atom stereocenters. The van der Waals surface area contributed by atoms with Crippen molar-refractivity contribution in [3.8, 4) is 0 Å². The van der Waals surface area contributed by atoms with Gasteiger partial charge < -0.3 is 5.73 Å².